The van der Waals surface area contributed by atoms with Crippen molar-refractivity contribution in [1.29, 1.82) is 5.26 Å². The van der Waals surface area contributed by atoms with Gasteiger partial charge in [0.15, 0.2) is 0 Å². The smallest absolute Gasteiger partial charge is 0.309 e. The van der Waals surface area contributed by atoms with E-state index in [0.29, 0.717) is 23.8 Å². The van der Waals surface area contributed by atoms with Gasteiger partial charge in [-0.15, -0.1) is 0 Å². The molecule has 0 aliphatic carbocycles. The molecule has 8 heteroatoms. The Morgan fingerprint density at radius 3 is 2.24 bits per heavy atom. The van der Waals surface area contributed by atoms with Crippen molar-refractivity contribution >= 4 is 21.1 Å². The Hall–Kier alpha value is -3.88. The van der Waals surface area contributed by atoms with Gasteiger partial charge >= 0.3 is 5.97 Å². The van der Waals surface area contributed by atoms with Gasteiger partial charge in [-0.1, -0.05) is 59.8 Å². The highest BCUT2D eigenvalue weighted by atomic mass is 31.0. The lowest BCUT2D eigenvalue weighted by molar-refractivity contribution is -0.133. The highest BCUT2D eigenvalue weighted by Crippen LogP contribution is 2.23. The molecule has 0 saturated carbocycles. The number of rotatable bonds is 11. The molecule has 0 aliphatic rings. The third-order valence-corrected chi connectivity index (χ3v) is 5.22. The third kappa shape index (κ3) is 7.33. The molecule has 0 aliphatic heterocycles. The first-order valence-corrected chi connectivity index (χ1v) is 11.0. The molecule has 0 bridgehead atoms. The van der Waals surface area contributed by atoms with Gasteiger partial charge in [-0.25, -0.2) is 0 Å². The number of hydrogen-bond donors (Lipinski definition) is 0. The van der Waals surface area contributed by atoms with Gasteiger partial charge in [0.1, 0.15) is 37.5 Å². The van der Waals surface area contributed by atoms with E-state index in [1.54, 1.807) is 24.3 Å². The molecule has 174 valence electrons. The van der Waals surface area contributed by atoms with E-state index in [1.165, 1.54) is 7.11 Å². The summed E-state index contributed by atoms with van der Waals surface area (Å²) in [7, 11) is 3.41. The quantitative estimate of drug-likeness (QED) is 0.219. The fraction of sp³-hybridized carbons (Fsp3) is 0.192. The fourth-order valence-corrected chi connectivity index (χ4v) is 3.25. The molecule has 0 amide bonds. The van der Waals surface area contributed by atoms with Crippen molar-refractivity contribution in [1.82, 2.24) is 0 Å². The van der Waals surface area contributed by atoms with Crippen LogP contribution in [0, 0.1) is 11.3 Å². The first kappa shape index (κ1) is 24.8. The summed E-state index contributed by atoms with van der Waals surface area (Å²) in [6.07, 6.45) is -0.00120. The van der Waals surface area contributed by atoms with Crippen LogP contribution in [0.15, 0.2) is 84.0 Å². The summed E-state index contributed by atoms with van der Waals surface area (Å²) in [6.45, 7) is 0.652. The molecule has 0 saturated heterocycles. The SMILES string of the molecule is CO/N=C(\COc1ccc(COc2ccc(C(C#N)CC(=O)OP)cc2)cc1)c1ccccc1. The monoisotopic (exact) mass is 476 g/mol. The predicted octanol–water partition coefficient (Wildman–Crippen LogP) is 5.03. The summed E-state index contributed by atoms with van der Waals surface area (Å²) in [5.41, 5.74) is 3.34. The molecule has 0 radical (unpaired) electrons. The maximum atomic E-state index is 11.4. The maximum Gasteiger partial charge on any atom is 0.309 e. The highest BCUT2D eigenvalue weighted by molar-refractivity contribution is 7.10. The Morgan fingerprint density at radius 1 is 0.971 bits per heavy atom. The van der Waals surface area contributed by atoms with E-state index in [9.17, 15) is 10.1 Å². The van der Waals surface area contributed by atoms with Crippen molar-refractivity contribution in [2.45, 2.75) is 18.9 Å². The van der Waals surface area contributed by atoms with Gasteiger partial charge in [-0.05, 0) is 35.4 Å². The van der Waals surface area contributed by atoms with Gasteiger partial charge in [-0.2, -0.15) is 5.26 Å². The van der Waals surface area contributed by atoms with Gasteiger partial charge in [0.05, 0.1) is 27.9 Å². The van der Waals surface area contributed by atoms with Crippen molar-refractivity contribution in [3.63, 3.8) is 0 Å². The average molecular weight is 476 g/mol. The molecule has 3 aromatic carbocycles. The van der Waals surface area contributed by atoms with Gasteiger partial charge in [0.25, 0.3) is 0 Å². The Morgan fingerprint density at radius 2 is 1.62 bits per heavy atom. The number of nitrogens with zero attached hydrogens (tertiary/aromatic N) is 2. The lowest BCUT2D eigenvalue weighted by Gasteiger charge is -2.11. The number of ether oxygens (including phenoxy) is 2. The molecule has 7 nitrogen and oxygen atoms in total. The summed E-state index contributed by atoms with van der Waals surface area (Å²) < 4.78 is 16.3. The molecular weight excluding hydrogens is 451 g/mol. The van der Waals surface area contributed by atoms with Crippen molar-refractivity contribution in [2.24, 2.45) is 5.16 Å². The van der Waals surface area contributed by atoms with Crippen LogP contribution in [-0.4, -0.2) is 25.4 Å². The van der Waals surface area contributed by atoms with Crippen LogP contribution < -0.4 is 9.47 Å². The van der Waals surface area contributed by atoms with Crippen molar-refractivity contribution in [3.8, 4) is 17.6 Å². The van der Waals surface area contributed by atoms with E-state index in [4.69, 9.17) is 14.3 Å². The van der Waals surface area contributed by atoms with Crippen LogP contribution in [0.25, 0.3) is 0 Å². The highest BCUT2D eigenvalue weighted by Gasteiger charge is 2.16. The predicted molar refractivity (Wildman–Crippen MR) is 131 cm³/mol. The topological polar surface area (TPSA) is 90.1 Å². The van der Waals surface area contributed by atoms with Crippen LogP contribution in [0.4, 0.5) is 0 Å². The van der Waals surface area contributed by atoms with E-state index in [2.05, 4.69) is 15.7 Å². The van der Waals surface area contributed by atoms with E-state index in [0.717, 1.165) is 16.7 Å². The second-order valence-electron chi connectivity index (χ2n) is 7.25. The molecule has 0 heterocycles. The first-order chi connectivity index (χ1) is 16.6. The van der Waals surface area contributed by atoms with E-state index in [-0.39, 0.29) is 13.0 Å². The first-order valence-electron chi connectivity index (χ1n) is 10.5. The van der Waals surface area contributed by atoms with Crippen LogP contribution in [0.3, 0.4) is 0 Å². The van der Waals surface area contributed by atoms with Crippen LogP contribution in [-0.2, 0) is 20.8 Å². The lowest BCUT2D eigenvalue weighted by Crippen LogP contribution is -2.13. The van der Waals surface area contributed by atoms with Crippen LogP contribution in [0.5, 0.6) is 11.5 Å². The zero-order chi connectivity index (χ0) is 24.2. The van der Waals surface area contributed by atoms with Gasteiger partial charge in [0, 0.05) is 5.56 Å². The minimum atomic E-state index is -0.564. The minimum Gasteiger partial charge on any atom is -0.489 e. The Kier molecular flexibility index (Phi) is 9.45. The molecule has 0 spiro atoms. The number of oxime groups is 1. The van der Waals surface area contributed by atoms with Gasteiger partial charge < -0.3 is 18.8 Å². The van der Waals surface area contributed by atoms with Crippen molar-refractivity contribution in [3.05, 3.63) is 95.6 Å². The Balaban J connectivity index is 1.52. The lowest BCUT2D eigenvalue weighted by atomic mass is 9.97. The molecule has 0 aromatic heterocycles. The maximum absolute atomic E-state index is 11.4. The molecule has 0 N–H and O–H groups in total. The molecule has 2 atom stereocenters. The standard InChI is InChI=1S/C26H25N2O5P/c1-30-28-25(21-5-3-2-4-6-21)18-32-23-11-7-19(8-12-23)17-31-24-13-9-20(10-14-24)22(16-27)15-26(29)33-34/h2-14,22H,15,17-18,34H2,1H3/b28-25+. The third-order valence-electron chi connectivity index (χ3n) is 4.95. The summed E-state index contributed by atoms with van der Waals surface area (Å²) >= 11 is 0. The number of hydrogen-bond acceptors (Lipinski definition) is 7. The van der Waals surface area contributed by atoms with Gasteiger partial charge in [0.2, 0.25) is 0 Å². The van der Waals surface area contributed by atoms with E-state index >= 15 is 0 Å². The molecule has 0 fully saturated rings. The number of nitriles is 1. The normalized spacial score (nSPS) is 11.7. The second kappa shape index (κ2) is 13.0. The van der Waals surface area contributed by atoms with Gasteiger partial charge in [-0.3, -0.25) is 4.79 Å². The summed E-state index contributed by atoms with van der Waals surface area (Å²) in [6, 6.07) is 26.6. The molecule has 3 rings (SSSR count). The number of benzene rings is 3. The number of carbonyl (C=O) groups is 1. The molecule has 2 unspecified atom stereocenters. The Bertz CT molecular complexity index is 1130. The minimum absolute atomic E-state index is 0.00120. The fourth-order valence-electron chi connectivity index (χ4n) is 3.15. The van der Waals surface area contributed by atoms with Crippen LogP contribution >= 0.6 is 9.47 Å². The second-order valence-corrected chi connectivity index (χ2v) is 7.49. The Labute approximate surface area is 201 Å². The molecule has 34 heavy (non-hydrogen) atoms. The molecule has 3 aromatic rings. The summed E-state index contributed by atoms with van der Waals surface area (Å²) in [5.74, 6) is 0.356. The summed E-state index contributed by atoms with van der Waals surface area (Å²) in [4.78, 5) is 16.4. The molecular formula is C26H25N2O5P. The van der Waals surface area contributed by atoms with Crippen LogP contribution in [0.1, 0.15) is 29.0 Å². The van der Waals surface area contributed by atoms with E-state index in [1.807, 2.05) is 64.1 Å². The zero-order valence-electron chi connectivity index (χ0n) is 18.7. The zero-order valence-corrected chi connectivity index (χ0v) is 19.9. The van der Waals surface area contributed by atoms with Crippen LogP contribution in [0.2, 0.25) is 0 Å². The van der Waals surface area contributed by atoms with Crippen molar-refractivity contribution in [2.75, 3.05) is 13.7 Å². The van der Waals surface area contributed by atoms with Crippen molar-refractivity contribution < 1.29 is 23.6 Å². The largest absolute Gasteiger partial charge is 0.489 e. The average Bonchev–Trinajstić information content (AvgIpc) is 2.89. The van der Waals surface area contributed by atoms with E-state index < -0.39 is 11.9 Å². The summed E-state index contributed by atoms with van der Waals surface area (Å²) in [5, 5.41) is 13.4. The number of carbonyl (C=O) groups excluding carboxylic acids is 1.